The summed E-state index contributed by atoms with van der Waals surface area (Å²) in [6.07, 6.45) is 0. The zero-order valence-corrected chi connectivity index (χ0v) is 12.7. The van der Waals surface area contributed by atoms with Crippen molar-refractivity contribution in [1.29, 1.82) is 5.26 Å². The highest BCUT2D eigenvalue weighted by molar-refractivity contribution is 6.31. The average Bonchev–Trinajstić information content (AvgIpc) is 2.49. The second-order valence-electron chi connectivity index (χ2n) is 4.32. The van der Waals surface area contributed by atoms with Gasteiger partial charge < -0.3 is 4.74 Å². The third kappa shape index (κ3) is 3.36. The van der Waals surface area contributed by atoms with Gasteiger partial charge in [0, 0.05) is 10.0 Å². The normalized spacial score (nSPS) is 11.5. The van der Waals surface area contributed by atoms with Crippen molar-refractivity contribution >= 4 is 29.0 Å². The van der Waals surface area contributed by atoms with Gasteiger partial charge in [-0.2, -0.15) is 5.26 Å². The van der Waals surface area contributed by atoms with Crippen LogP contribution >= 0.6 is 23.2 Å². The number of hydrogen-bond donors (Lipinski definition) is 0. The van der Waals surface area contributed by atoms with E-state index in [-0.39, 0.29) is 11.3 Å². The zero-order chi connectivity index (χ0) is 15.4. The van der Waals surface area contributed by atoms with Crippen LogP contribution in [0.2, 0.25) is 10.0 Å². The lowest BCUT2D eigenvalue weighted by Gasteiger charge is -2.12. The van der Waals surface area contributed by atoms with Gasteiger partial charge in [0.25, 0.3) is 0 Å². The molecule has 2 aromatic rings. The molecule has 0 fully saturated rings. The fraction of sp³-hybridized carbons (Fsp3) is 0.125. The minimum absolute atomic E-state index is 0.284. The number of Topliss-reactive ketones (excluding diaryl/α,β-unsaturated/α-hetero) is 1. The first-order chi connectivity index (χ1) is 10.1. The molecule has 2 aromatic carbocycles. The second-order valence-corrected chi connectivity index (χ2v) is 5.20. The standard InChI is InChI=1S/C16H11Cl2NO2/c1-21-15-7-6-12(18)8-13(15)16(20)14(9-19)10-2-4-11(17)5-3-10/h2-8,14H,1H3. The minimum atomic E-state index is -0.936. The van der Waals surface area contributed by atoms with Crippen LogP contribution < -0.4 is 4.74 Å². The molecule has 0 radical (unpaired) electrons. The van der Waals surface area contributed by atoms with Crippen molar-refractivity contribution in [3.05, 3.63) is 63.6 Å². The van der Waals surface area contributed by atoms with Gasteiger partial charge in [0.15, 0.2) is 5.78 Å². The van der Waals surface area contributed by atoms with Gasteiger partial charge in [0.2, 0.25) is 0 Å². The van der Waals surface area contributed by atoms with E-state index in [1.54, 1.807) is 36.4 Å². The fourth-order valence-corrected chi connectivity index (χ4v) is 2.27. The first-order valence-electron chi connectivity index (χ1n) is 6.09. The van der Waals surface area contributed by atoms with Crippen molar-refractivity contribution in [3.8, 4) is 11.8 Å². The smallest absolute Gasteiger partial charge is 0.188 e. The van der Waals surface area contributed by atoms with Gasteiger partial charge in [-0.25, -0.2) is 0 Å². The van der Waals surface area contributed by atoms with Crippen LogP contribution in [0.4, 0.5) is 0 Å². The second kappa shape index (κ2) is 6.62. The maximum absolute atomic E-state index is 12.6. The fourth-order valence-electron chi connectivity index (χ4n) is 1.97. The number of benzene rings is 2. The van der Waals surface area contributed by atoms with Gasteiger partial charge in [-0.05, 0) is 35.9 Å². The van der Waals surface area contributed by atoms with Crippen LogP contribution in [0.5, 0.6) is 5.75 Å². The molecule has 1 atom stereocenters. The summed E-state index contributed by atoms with van der Waals surface area (Å²) in [5.41, 5.74) is 0.862. The number of carbonyl (C=O) groups is 1. The first-order valence-corrected chi connectivity index (χ1v) is 6.85. The summed E-state index contributed by atoms with van der Waals surface area (Å²) in [4.78, 5) is 12.6. The van der Waals surface area contributed by atoms with Crippen molar-refractivity contribution in [3.63, 3.8) is 0 Å². The molecule has 0 heterocycles. The number of hydrogen-bond acceptors (Lipinski definition) is 3. The predicted molar refractivity (Wildman–Crippen MR) is 82.1 cm³/mol. The third-order valence-corrected chi connectivity index (χ3v) is 3.51. The number of nitriles is 1. The highest BCUT2D eigenvalue weighted by Gasteiger charge is 2.24. The van der Waals surface area contributed by atoms with E-state index in [0.717, 1.165) is 0 Å². The summed E-state index contributed by atoms with van der Waals surface area (Å²) in [6, 6.07) is 13.3. The number of carbonyl (C=O) groups excluding carboxylic acids is 1. The van der Waals surface area contributed by atoms with Gasteiger partial charge in [0.05, 0.1) is 18.7 Å². The molecule has 0 N–H and O–H groups in total. The molecular formula is C16H11Cl2NO2. The summed E-state index contributed by atoms with van der Waals surface area (Å²) in [5, 5.41) is 10.3. The van der Waals surface area contributed by atoms with Crippen LogP contribution in [0.1, 0.15) is 21.8 Å². The van der Waals surface area contributed by atoms with Crippen molar-refractivity contribution in [2.24, 2.45) is 0 Å². The third-order valence-electron chi connectivity index (χ3n) is 3.02. The molecule has 0 amide bonds. The monoisotopic (exact) mass is 319 g/mol. The molecule has 106 valence electrons. The van der Waals surface area contributed by atoms with E-state index in [2.05, 4.69) is 0 Å². The van der Waals surface area contributed by atoms with Gasteiger partial charge in [-0.1, -0.05) is 35.3 Å². The molecule has 0 saturated carbocycles. The molecule has 0 aliphatic carbocycles. The molecule has 3 nitrogen and oxygen atoms in total. The minimum Gasteiger partial charge on any atom is -0.496 e. The number of rotatable bonds is 4. The molecule has 0 saturated heterocycles. The Morgan fingerprint density at radius 1 is 1.14 bits per heavy atom. The Balaban J connectivity index is 2.44. The van der Waals surface area contributed by atoms with E-state index in [4.69, 9.17) is 27.9 Å². The quantitative estimate of drug-likeness (QED) is 0.780. The molecule has 0 spiro atoms. The van der Waals surface area contributed by atoms with E-state index >= 15 is 0 Å². The van der Waals surface area contributed by atoms with Crippen LogP contribution in [0.15, 0.2) is 42.5 Å². The molecular weight excluding hydrogens is 309 g/mol. The van der Waals surface area contributed by atoms with Crippen LogP contribution in [0, 0.1) is 11.3 Å². The van der Waals surface area contributed by atoms with E-state index < -0.39 is 5.92 Å². The average molecular weight is 320 g/mol. The van der Waals surface area contributed by atoms with Crippen LogP contribution in [-0.2, 0) is 0 Å². The Hall–Kier alpha value is -2.02. The number of halogens is 2. The largest absolute Gasteiger partial charge is 0.496 e. The Morgan fingerprint density at radius 2 is 1.76 bits per heavy atom. The van der Waals surface area contributed by atoms with Crippen LogP contribution in [0.3, 0.4) is 0 Å². The van der Waals surface area contributed by atoms with Gasteiger partial charge >= 0.3 is 0 Å². The SMILES string of the molecule is COc1ccc(Cl)cc1C(=O)C(C#N)c1ccc(Cl)cc1. The van der Waals surface area contributed by atoms with Gasteiger partial charge in [-0.3, -0.25) is 4.79 Å². The molecule has 0 aliphatic rings. The summed E-state index contributed by atoms with van der Waals surface area (Å²) in [6.45, 7) is 0. The lowest BCUT2D eigenvalue weighted by atomic mass is 9.91. The number of methoxy groups -OCH3 is 1. The zero-order valence-electron chi connectivity index (χ0n) is 11.1. The molecule has 0 bridgehead atoms. The topological polar surface area (TPSA) is 50.1 Å². The first kappa shape index (κ1) is 15.4. The van der Waals surface area contributed by atoms with Gasteiger partial charge in [-0.15, -0.1) is 0 Å². The Kier molecular flexibility index (Phi) is 4.85. The molecule has 0 aliphatic heterocycles. The Labute approximate surface area is 132 Å². The van der Waals surface area contributed by atoms with Crippen LogP contribution in [0.25, 0.3) is 0 Å². The summed E-state index contributed by atoms with van der Waals surface area (Å²) in [5.74, 6) is -0.910. The Morgan fingerprint density at radius 3 is 2.33 bits per heavy atom. The molecule has 2 rings (SSSR count). The molecule has 5 heteroatoms. The molecule has 0 aromatic heterocycles. The highest BCUT2D eigenvalue weighted by Crippen LogP contribution is 2.29. The van der Waals surface area contributed by atoms with E-state index in [1.165, 1.54) is 13.2 Å². The number of ether oxygens (including phenoxy) is 1. The summed E-state index contributed by atoms with van der Waals surface area (Å²) in [7, 11) is 1.46. The summed E-state index contributed by atoms with van der Waals surface area (Å²) >= 11 is 11.7. The van der Waals surface area contributed by atoms with Crippen molar-refractivity contribution in [2.75, 3.05) is 7.11 Å². The molecule has 21 heavy (non-hydrogen) atoms. The lowest BCUT2D eigenvalue weighted by molar-refractivity contribution is 0.0976. The van der Waals surface area contributed by atoms with E-state index in [1.807, 2.05) is 6.07 Å². The van der Waals surface area contributed by atoms with Crippen molar-refractivity contribution in [2.45, 2.75) is 5.92 Å². The number of ketones is 1. The maximum atomic E-state index is 12.6. The maximum Gasteiger partial charge on any atom is 0.188 e. The van der Waals surface area contributed by atoms with Crippen LogP contribution in [-0.4, -0.2) is 12.9 Å². The predicted octanol–water partition coefficient (Wildman–Crippen LogP) is 4.49. The van der Waals surface area contributed by atoms with Crippen molar-refractivity contribution < 1.29 is 9.53 Å². The lowest BCUT2D eigenvalue weighted by Crippen LogP contribution is -2.12. The van der Waals surface area contributed by atoms with E-state index in [9.17, 15) is 10.1 Å². The van der Waals surface area contributed by atoms with E-state index in [0.29, 0.717) is 21.4 Å². The van der Waals surface area contributed by atoms with Crippen molar-refractivity contribution in [1.82, 2.24) is 0 Å². The highest BCUT2D eigenvalue weighted by atomic mass is 35.5. The Bertz CT molecular complexity index is 705. The molecule has 1 unspecified atom stereocenters. The number of nitrogens with zero attached hydrogens (tertiary/aromatic N) is 1. The van der Waals surface area contributed by atoms with Gasteiger partial charge in [0.1, 0.15) is 11.7 Å². The summed E-state index contributed by atoms with van der Waals surface area (Å²) < 4.78 is 5.16.